The number of hydrogen-bond acceptors (Lipinski definition) is 2. The fourth-order valence-corrected chi connectivity index (χ4v) is 2.40. The van der Waals surface area contributed by atoms with E-state index >= 15 is 0 Å². The number of ether oxygens (including phenoxy) is 2. The van der Waals surface area contributed by atoms with Gasteiger partial charge in [0.25, 0.3) is 0 Å². The lowest BCUT2D eigenvalue weighted by atomic mass is 10.2. The minimum absolute atomic E-state index is 0.286. The lowest BCUT2D eigenvalue weighted by molar-refractivity contribution is 0.302. The summed E-state index contributed by atoms with van der Waals surface area (Å²) in [6.45, 7) is 0.330. The molecule has 0 N–H and O–H groups in total. The van der Waals surface area contributed by atoms with Gasteiger partial charge in [-0.05, 0) is 30.3 Å². The van der Waals surface area contributed by atoms with Crippen LogP contribution in [0.5, 0.6) is 11.5 Å². The molecule has 0 amide bonds. The minimum atomic E-state index is -0.286. The Balaban J connectivity index is 2.14. The van der Waals surface area contributed by atoms with E-state index in [1.165, 1.54) is 12.1 Å². The largest absolute Gasteiger partial charge is 0.497 e. The molecule has 5 heteroatoms. The van der Waals surface area contributed by atoms with Crippen LogP contribution in [-0.4, -0.2) is 7.11 Å². The van der Waals surface area contributed by atoms with Crippen LogP contribution in [0.3, 0.4) is 0 Å². The number of rotatable bonds is 5. The lowest BCUT2D eigenvalue weighted by Crippen LogP contribution is -1.99. The summed E-state index contributed by atoms with van der Waals surface area (Å²) < 4.78 is 24.6. The van der Waals surface area contributed by atoms with Gasteiger partial charge in [0.15, 0.2) is 0 Å². The number of halogens is 3. The van der Waals surface area contributed by atoms with Crippen molar-refractivity contribution in [3.63, 3.8) is 0 Å². The van der Waals surface area contributed by atoms with Crippen molar-refractivity contribution in [2.75, 3.05) is 7.11 Å². The molecule has 0 aromatic heterocycles. The highest BCUT2D eigenvalue weighted by Crippen LogP contribution is 2.27. The number of methoxy groups -OCH3 is 1. The molecule has 0 heterocycles. The van der Waals surface area contributed by atoms with Crippen LogP contribution >= 0.6 is 27.5 Å². The Morgan fingerprint density at radius 3 is 2.60 bits per heavy atom. The predicted octanol–water partition coefficient (Wildman–Crippen LogP) is 4.91. The van der Waals surface area contributed by atoms with Gasteiger partial charge in [-0.1, -0.05) is 22.0 Å². The van der Waals surface area contributed by atoms with Crippen LogP contribution < -0.4 is 9.47 Å². The molecule has 2 aromatic carbocycles. The van der Waals surface area contributed by atoms with Crippen molar-refractivity contribution >= 4 is 27.5 Å². The third-order valence-corrected chi connectivity index (χ3v) is 3.84. The smallest absolute Gasteiger partial charge is 0.124 e. The zero-order chi connectivity index (χ0) is 14.5. The average Bonchev–Trinajstić information content (AvgIpc) is 2.46. The Morgan fingerprint density at radius 1 is 1.15 bits per heavy atom. The van der Waals surface area contributed by atoms with Crippen molar-refractivity contribution in [1.29, 1.82) is 0 Å². The second kappa shape index (κ2) is 6.95. The monoisotopic (exact) mass is 358 g/mol. The van der Waals surface area contributed by atoms with E-state index in [4.69, 9.17) is 21.1 Å². The summed E-state index contributed by atoms with van der Waals surface area (Å²) in [5.74, 6) is 1.47. The van der Waals surface area contributed by atoms with Crippen LogP contribution in [0.15, 0.2) is 40.9 Å². The second-order valence-electron chi connectivity index (χ2n) is 4.13. The fourth-order valence-electron chi connectivity index (χ4n) is 1.72. The summed E-state index contributed by atoms with van der Waals surface area (Å²) in [7, 11) is 1.60. The predicted molar refractivity (Wildman–Crippen MR) is 81.0 cm³/mol. The Labute approximate surface area is 130 Å². The van der Waals surface area contributed by atoms with Crippen molar-refractivity contribution in [3.8, 4) is 11.5 Å². The van der Waals surface area contributed by atoms with Crippen molar-refractivity contribution in [1.82, 2.24) is 0 Å². The maximum absolute atomic E-state index is 13.0. The molecule has 2 nitrogen and oxygen atoms in total. The summed E-state index contributed by atoms with van der Waals surface area (Å²) in [5, 5.41) is 0. The van der Waals surface area contributed by atoms with Crippen LogP contribution in [0.4, 0.5) is 4.39 Å². The van der Waals surface area contributed by atoms with E-state index in [-0.39, 0.29) is 5.82 Å². The lowest BCUT2D eigenvalue weighted by Gasteiger charge is -2.12. The van der Waals surface area contributed by atoms with E-state index < -0.39 is 0 Å². The Bertz CT molecular complexity index is 604. The first-order valence-electron chi connectivity index (χ1n) is 5.93. The quantitative estimate of drug-likeness (QED) is 0.706. The fraction of sp³-hybridized carbons (Fsp3) is 0.200. The molecule has 0 unspecified atom stereocenters. The van der Waals surface area contributed by atoms with Gasteiger partial charge >= 0.3 is 0 Å². The van der Waals surface area contributed by atoms with Gasteiger partial charge in [-0.3, -0.25) is 0 Å². The molecule has 0 saturated heterocycles. The first kappa shape index (κ1) is 15.1. The summed E-state index contributed by atoms with van der Waals surface area (Å²) in [4.78, 5) is 0. The summed E-state index contributed by atoms with van der Waals surface area (Å²) in [5.41, 5.74) is 1.71. The molecule has 20 heavy (non-hydrogen) atoms. The van der Waals surface area contributed by atoms with Crippen molar-refractivity contribution < 1.29 is 13.9 Å². The molecule has 0 aliphatic rings. The van der Waals surface area contributed by atoms with E-state index in [1.54, 1.807) is 13.2 Å². The van der Waals surface area contributed by atoms with E-state index in [9.17, 15) is 4.39 Å². The van der Waals surface area contributed by atoms with Gasteiger partial charge in [0.2, 0.25) is 0 Å². The van der Waals surface area contributed by atoms with Gasteiger partial charge in [-0.15, -0.1) is 11.6 Å². The molecule has 2 rings (SSSR count). The summed E-state index contributed by atoms with van der Waals surface area (Å²) in [6, 6.07) is 9.96. The Kier molecular flexibility index (Phi) is 5.26. The molecule has 2 aromatic rings. The third-order valence-electron chi connectivity index (χ3n) is 2.81. The van der Waals surface area contributed by atoms with Crippen LogP contribution in [-0.2, 0) is 12.5 Å². The molecule has 0 saturated carbocycles. The van der Waals surface area contributed by atoms with E-state index in [1.807, 2.05) is 18.2 Å². The van der Waals surface area contributed by atoms with Gasteiger partial charge in [-0.2, -0.15) is 0 Å². The SMILES string of the molecule is COc1ccc(OCc2ccc(F)cc2Br)c(CCl)c1. The van der Waals surface area contributed by atoms with Crippen molar-refractivity contribution in [3.05, 3.63) is 57.8 Å². The highest BCUT2D eigenvalue weighted by molar-refractivity contribution is 9.10. The topological polar surface area (TPSA) is 18.5 Å². The zero-order valence-corrected chi connectivity index (χ0v) is 13.2. The molecule has 0 aliphatic heterocycles. The van der Waals surface area contributed by atoms with Gasteiger partial charge in [-0.25, -0.2) is 4.39 Å². The molecule has 0 aliphatic carbocycles. The van der Waals surface area contributed by atoms with Crippen molar-refractivity contribution in [2.45, 2.75) is 12.5 Å². The molecule has 0 atom stereocenters. The maximum atomic E-state index is 13.0. The third kappa shape index (κ3) is 3.64. The normalized spacial score (nSPS) is 10.4. The number of alkyl halides is 1. The van der Waals surface area contributed by atoms with Gasteiger partial charge < -0.3 is 9.47 Å². The second-order valence-corrected chi connectivity index (χ2v) is 5.25. The highest BCUT2D eigenvalue weighted by Gasteiger charge is 2.07. The van der Waals surface area contributed by atoms with Crippen LogP contribution in [0.25, 0.3) is 0 Å². The maximum Gasteiger partial charge on any atom is 0.124 e. The van der Waals surface area contributed by atoms with Crippen LogP contribution in [0, 0.1) is 5.82 Å². The van der Waals surface area contributed by atoms with Crippen LogP contribution in [0.1, 0.15) is 11.1 Å². The first-order valence-corrected chi connectivity index (χ1v) is 7.26. The average molecular weight is 360 g/mol. The summed E-state index contributed by atoms with van der Waals surface area (Å²) >= 11 is 9.21. The minimum Gasteiger partial charge on any atom is -0.497 e. The van der Waals surface area contributed by atoms with Gasteiger partial charge in [0.1, 0.15) is 23.9 Å². The van der Waals surface area contributed by atoms with E-state index in [0.717, 1.165) is 16.9 Å². The molecular formula is C15H13BrClFO2. The molecule has 0 spiro atoms. The number of hydrogen-bond donors (Lipinski definition) is 0. The molecule has 0 fully saturated rings. The Hall–Kier alpha value is -1.26. The standard InChI is InChI=1S/C15H13BrClFO2/c1-19-13-4-5-15(11(6-13)8-17)20-9-10-2-3-12(18)7-14(10)16/h2-7H,8-9H2,1H3. The first-order chi connectivity index (χ1) is 9.63. The molecule has 106 valence electrons. The number of benzene rings is 2. The van der Waals surface area contributed by atoms with E-state index in [2.05, 4.69) is 15.9 Å². The van der Waals surface area contributed by atoms with E-state index in [0.29, 0.717) is 22.7 Å². The molecular weight excluding hydrogens is 347 g/mol. The molecule has 0 bridgehead atoms. The van der Waals surface area contributed by atoms with Crippen LogP contribution in [0.2, 0.25) is 0 Å². The molecule has 0 radical (unpaired) electrons. The highest BCUT2D eigenvalue weighted by atomic mass is 79.9. The zero-order valence-electron chi connectivity index (χ0n) is 10.8. The van der Waals surface area contributed by atoms with Gasteiger partial charge in [0.05, 0.1) is 13.0 Å². The Morgan fingerprint density at radius 2 is 1.95 bits per heavy atom. The summed E-state index contributed by atoms with van der Waals surface area (Å²) in [6.07, 6.45) is 0. The van der Waals surface area contributed by atoms with Gasteiger partial charge in [0, 0.05) is 15.6 Å². The van der Waals surface area contributed by atoms with Crippen molar-refractivity contribution in [2.24, 2.45) is 0 Å².